The molecular weight excluding hydrogens is 231 g/mol. The fourth-order valence-electron chi connectivity index (χ4n) is 1.36. The van der Waals surface area contributed by atoms with Crippen molar-refractivity contribution >= 4 is 5.69 Å². The Labute approximate surface area is 98.6 Å². The van der Waals surface area contributed by atoms with Crippen LogP contribution in [0.5, 0.6) is 5.75 Å². The van der Waals surface area contributed by atoms with Gasteiger partial charge in [-0.1, -0.05) is 0 Å². The minimum Gasteiger partial charge on any atom is -0.494 e. The number of nitrogen functional groups attached to an aromatic ring is 1. The molecule has 0 aliphatic carbocycles. The van der Waals surface area contributed by atoms with Gasteiger partial charge in [-0.15, -0.1) is 0 Å². The van der Waals surface area contributed by atoms with E-state index < -0.39 is 12.6 Å². The third-order valence-electron chi connectivity index (χ3n) is 2.25. The number of unbranched alkanes of at least 4 members (excludes halogenated alkanes) is 2. The third kappa shape index (κ3) is 6.71. The van der Waals surface area contributed by atoms with Crippen LogP contribution in [0.3, 0.4) is 0 Å². The first-order valence-corrected chi connectivity index (χ1v) is 5.52. The topological polar surface area (TPSA) is 35.2 Å². The Bertz CT molecular complexity index is 322. The third-order valence-corrected chi connectivity index (χ3v) is 2.25. The van der Waals surface area contributed by atoms with Gasteiger partial charge in [-0.25, -0.2) is 0 Å². The zero-order valence-corrected chi connectivity index (χ0v) is 9.46. The molecule has 0 bridgehead atoms. The Kier molecular flexibility index (Phi) is 5.12. The van der Waals surface area contributed by atoms with Crippen molar-refractivity contribution in [1.29, 1.82) is 0 Å². The van der Waals surface area contributed by atoms with Crippen molar-refractivity contribution < 1.29 is 17.9 Å². The molecule has 96 valence electrons. The van der Waals surface area contributed by atoms with E-state index in [4.69, 9.17) is 10.5 Å². The molecule has 0 aliphatic heterocycles. The lowest BCUT2D eigenvalue weighted by Gasteiger charge is -2.07. The quantitative estimate of drug-likeness (QED) is 0.613. The van der Waals surface area contributed by atoms with Gasteiger partial charge in [-0.3, -0.25) is 0 Å². The molecule has 0 atom stereocenters. The van der Waals surface area contributed by atoms with Crippen molar-refractivity contribution in [3.8, 4) is 5.75 Å². The molecule has 0 spiro atoms. The van der Waals surface area contributed by atoms with E-state index in [1.165, 1.54) is 0 Å². The van der Waals surface area contributed by atoms with E-state index in [2.05, 4.69) is 0 Å². The molecule has 0 radical (unpaired) electrons. The normalized spacial score (nSPS) is 11.5. The van der Waals surface area contributed by atoms with E-state index in [1.54, 1.807) is 24.3 Å². The van der Waals surface area contributed by atoms with Crippen LogP contribution in [-0.2, 0) is 0 Å². The Balaban J connectivity index is 2.07. The van der Waals surface area contributed by atoms with Gasteiger partial charge >= 0.3 is 6.18 Å². The molecule has 0 unspecified atom stereocenters. The van der Waals surface area contributed by atoms with Crippen LogP contribution in [0.4, 0.5) is 18.9 Å². The summed E-state index contributed by atoms with van der Waals surface area (Å²) < 4.78 is 40.8. The second kappa shape index (κ2) is 6.37. The molecule has 0 fully saturated rings. The molecule has 0 amide bonds. The van der Waals surface area contributed by atoms with Gasteiger partial charge in [0.2, 0.25) is 0 Å². The van der Waals surface area contributed by atoms with Gasteiger partial charge in [0.1, 0.15) is 5.75 Å². The molecule has 1 aromatic carbocycles. The van der Waals surface area contributed by atoms with Crippen LogP contribution in [0.2, 0.25) is 0 Å². The lowest BCUT2D eigenvalue weighted by atomic mass is 10.2. The van der Waals surface area contributed by atoms with Crippen molar-refractivity contribution in [3.05, 3.63) is 24.3 Å². The highest BCUT2D eigenvalue weighted by atomic mass is 19.4. The minimum absolute atomic E-state index is 0.161. The summed E-state index contributed by atoms with van der Waals surface area (Å²) in [7, 11) is 0. The SMILES string of the molecule is Nc1ccc(OCCCCCC(F)(F)F)cc1. The van der Waals surface area contributed by atoms with Gasteiger partial charge < -0.3 is 10.5 Å². The van der Waals surface area contributed by atoms with E-state index in [9.17, 15) is 13.2 Å². The fourth-order valence-corrected chi connectivity index (χ4v) is 1.36. The molecule has 0 saturated carbocycles. The first kappa shape index (κ1) is 13.7. The maximum Gasteiger partial charge on any atom is 0.389 e. The molecular formula is C12H16F3NO. The van der Waals surface area contributed by atoms with Gasteiger partial charge in [0, 0.05) is 12.1 Å². The molecule has 5 heteroatoms. The van der Waals surface area contributed by atoms with E-state index >= 15 is 0 Å². The molecule has 0 saturated heterocycles. The average Bonchev–Trinajstić information content (AvgIpc) is 2.24. The van der Waals surface area contributed by atoms with E-state index in [-0.39, 0.29) is 6.42 Å². The predicted molar refractivity (Wildman–Crippen MR) is 60.9 cm³/mol. The Morgan fingerprint density at radius 2 is 1.65 bits per heavy atom. The Hall–Kier alpha value is -1.39. The molecule has 0 aliphatic rings. The second-order valence-corrected chi connectivity index (χ2v) is 3.84. The summed E-state index contributed by atoms with van der Waals surface area (Å²) in [4.78, 5) is 0. The van der Waals surface area contributed by atoms with Crippen molar-refractivity contribution in [1.82, 2.24) is 0 Å². The van der Waals surface area contributed by atoms with E-state index in [1.807, 2.05) is 0 Å². The highest BCUT2D eigenvalue weighted by molar-refractivity contribution is 5.41. The van der Waals surface area contributed by atoms with Crippen LogP contribution in [0.15, 0.2) is 24.3 Å². The monoisotopic (exact) mass is 247 g/mol. The van der Waals surface area contributed by atoms with Crippen LogP contribution in [-0.4, -0.2) is 12.8 Å². The minimum atomic E-state index is -4.04. The van der Waals surface area contributed by atoms with E-state index in [0.717, 1.165) is 0 Å². The van der Waals surface area contributed by atoms with Crippen molar-refractivity contribution in [2.45, 2.75) is 31.9 Å². The van der Waals surface area contributed by atoms with Gasteiger partial charge in [-0.05, 0) is 43.5 Å². The first-order chi connectivity index (χ1) is 7.97. The summed E-state index contributed by atoms with van der Waals surface area (Å²) in [6, 6.07) is 6.92. The van der Waals surface area contributed by atoms with Crippen LogP contribution < -0.4 is 10.5 Å². The largest absolute Gasteiger partial charge is 0.494 e. The standard InChI is InChI=1S/C12H16F3NO/c13-12(14,15)8-2-1-3-9-17-11-6-4-10(16)5-7-11/h4-7H,1-3,8-9,16H2. The fraction of sp³-hybridized carbons (Fsp3) is 0.500. The van der Waals surface area contributed by atoms with Crippen LogP contribution in [0.1, 0.15) is 25.7 Å². The summed E-state index contributed by atoms with van der Waals surface area (Å²) in [5.41, 5.74) is 6.15. The Morgan fingerprint density at radius 1 is 1.00 bits per heavy atom. The zero-order chi connectivity index (χ0) is 12.7. The summed E-state index contributed by atoms with van der Waals surface area (Å²) >= 11 is 0. The molecule has 2 nitrogen and oxygen atoms in total. The van der Waals surface area contributed by atoms with Gasteiger partial charge in [0.25, 0.3) is 0 Å². The number of hydrogen-bond acceptors (Lipinski definition) is 2. The maximum absolute atomic E-state index is 11.8. The van der Waals surface area contributed by atoms with Crippen molar-refractivity contribution in [3.63, 3.8) is 0 Å². The van der Waals surface area contributed by atoms with Gasteiger partial charge in [0.05, 0.1) is 6.61 Å². The van der Waals surface area contributed by atoms with Gasteiger partial charge in [-0.2, -0.15) is 13.2 Å². The zero-order valence-electron chi connectivity index (χ0n) is 9.46. The number of nitrogens with two attached hydrogens (primary N) is 1. The highest BCUT2D eigenvalue weighted by Crippen LogP contribution is 2.22. The van der Waals surface area contributed by atoms with Crippen molar-refractivity contribution in [2.24, 2.45) is 0 Å². The molecule has 17 heavy (non-hydrogen) atoms. The number of anilines is 1. The van der Waals surface area contributed by atoms with Crippen LogP contribution >= 0.6 is 0 Å². The number of hydrogen-bond donors (Lipinski definition) is 1. The number of halogens is 3. The molecule has 1 aromatic rings. The number of rotatable bonds is 6. The highest BCUT2D eigenvalue weighted by Gasteiger charge is 2.25. The number of benzene rings is 1. The van der Waals surface area contributed by atoms with Gasteiger partial charge in [0.15, 0.2) is 0 Å². The smallest absolute Gasteiger partial charge is 0.389 e. The average molecular weight is 247 g/mol. The second-order valence-electron chi connectivity index (χ2n) is 3.84. The summed E-state index contributed by atoms with van der Waals surface area (Å²) in [5, 5.41) is 0. The lowest BCUT2D eigenvalue weighted by molar-refractivity contribution is -0.135. The van der Waals surface area contributed by atoms with Crippen molar-refractivity contribution in [2.75, 3.05) is 12.3 Å². The Morgan fingerprint density at radius 3 is 2.24 bits per heavy atom. The molecule has 0 aromatic heterocycles. The predicted octanol–water partition coefficient (Wildman–Crippen LogP) is 3.77. The summed E-state index contributed by atoms with van der Waals surface area (Å²) in [5.74, 6) is 0.690. The number of alkyl halides is 3. The lowest BCUT2D eigenvalue weighted by Crippen LogP contribution is -2.06. The molecule has 1 rings (SSSR count). The van der Waals surface area contributed by atoms with Crippen LogP contribution in [0.25, 0.3) is 0 Å². The summed E-state index contributed by atoms with van der Waals surface area (Å²) in [6.07, 6.45) is -3.45. The summed E-state index contributed by atoms with van der Waals surface area (Å²) in [6.45, 7) is 0.432. The maximum atomic E-state index is 11.8. The molecule has 0 heterocycles. The van der Waals surface area contributed by atoms with E-state index in [0.29, 0.717) is 30.9 Å². The first-order valence-electron chi connectivity index (χ1n) is 5.52. The van der Waals surface area contributed by atoms with Crippen LogP contribution in [0, 0.1) is 0 Å². The number of ether oxygens (including phenoxy) is 1. The molecule has 2 N–H and O–H groups in total.